The Balaban J connectivity index is 1.47. The Labute approximate surface area is 257 Å². The van der Waals surface area contributed by atoms with Gasteiger partial charge in [-0.3, -0.25) is 19.3 Å². The first-order valence-electron chi connectivity index (χ1n) is 12.6. The minimum absolute atomic E-state index is 0.125. The van der Waals surface area contributed by atoms with Crippen molar-refractivity contribution in [3.8, 4) is 0 Å². The molecule has 0 saturated heterocycles. The molecule has 0 fully saturated rings. The molecular formula is C29H25Cl2N5O6S. The van der Waals surface area contributed by atoms with E-state index in [0.717, 1.165) is 5.56 Å². The summed E-state index contributed by atoms with van der Waals surface area (Å²) < 4.78 is 28.9. The number of urea groups is 1. The maximum Gasteiger partial charge on any atom is 0.319 e. The van der Waals surface area contributed by atoms with E-state index in [1.807, 2.05) is 0 Å². The smallest absolute Gasteiger partial charge is 0.319 e. The molecule has 4 rings (SSSR count). The lowest BCUT2D eigenvalue weighted by atomic mass is 10.0. The fraction of sp³-hybridized carbons (Fsp3) is 0.103. The molecule has 14 heteroatoms. The third-order valence-corrected chi connectivity index (χ3v) is 8.13. The Hall–Kier alpha value is -4.65. The fourth-order valence-electron chi connectivity index (χ4n) is 3.94. The van der Waals surface area contributed by atoms with E-state index in [2.05, 4.69) is 25.7 Å². The zero-order chi connectivity index (χ0) is 31.0. The van der Waals surface area contributed by atoms with E-state index < -0.39 is 40.4 Å². The van der Waals surface area contributed by atoms with Crippen molar-refractivity contribution in [2.45, 2.75) is 23.9 Å². The van der Waals surface area contributed by atoms with E-state index in [1.54, 1.807) is 36.7 Å². The van der Waals surface area contributed by atoms with Crippen molar-refractivity contribution in [3.63, 3.8) is 0 Å². The molecule has 0 aliphatic rings. The van der Waals surface area contributed by atoms with Crippen molar-refractivity contribution in [2.24, 2.45) is 0 Å². The van der Waals surface area contributed by atoms with Gasteiger partial charge in [0.1, 0.15) is 0 Å². The number of carboxylic acid groups (broad SMARTS) is 1. The summed E-state index contributed by atoms with van der Waals surface area (Å²) in [6.07, 6.45) is 2.73. The van der Waals surface area contributed by atoms with Gasteiger partial charge in [0.15, 0.2) is 0 Å². The highest BCUT2D eigenvalue weighted by Gasteiger charge is 2.21. The van der Waals surface area contributed by atoms with Gasteiger partial charge >= 0.3 is 12.0 Å². The van der Waals surface area contributed by atoms with Gasteiger partial charge in [-0.2, -0.15) is 0 Å². The lowest BCUT2D eigenvalue weighted by Gasteiger charge is -2.19. The number of carbonyl (C=O) groups is 3. The molecule has 0 radical (unpaired) electrons. The quantitative estimate of drug-likeness (QED) is 0.145. The number of nitrogens with one attached hydrogen (secondary N) is 4. The Morgan fingerprint density at radius 3 is 2.30 bits per heavy atom. The summed E-state index contributed by atoms with van der Waals surface area (Å²) in [7, 11) is -4.13. The predicted octanol–water partition coefficient (Wildman–Crippen LogP) is 5.46. The van der Waals surface area contributed by atoms with Crippen LogP contribution in [0.2, 0.25) is 10.0 Å². The molecule has 43 heavy (non-hydrogen) atoms. The third-order valence-electron chi connectivity index (χ3n) is 6.01. The van der Waals surface area contributed by atoms with Gasteiger partial charge in [-0.1, -0.05) is 41.4 Å². The van der Waals surface area contributed by atoms with Gasteiger partial charge in [0, 0.05) is 35.9 Å². The van der Waals surface area contributed by atoms with Crippen LogP contribution in [0.4, 0.5) is 16.2 Å². The number of hydrogen-bond donors (Lipinski definition) is 5. The normalized spacial score (nSPS) is 11.7. The minimum Gasteiger partial charge on any atom is -0.481 e. The van der Waals surface area contributed by atoms with E-state index in [-0.39, 0.29) is 38.4 Å². The number of sulfonamides is 1. The van der Waals surface area contributed by atoms with E-state index in [0.29, 0.717) is 5.56 Å². The highest BCUT2D eigenvalue weighted by atomic mass is 35.5. The summed E-state index contributed by atoms with van der Waals surface area (Å²) >= 11 is 11.9. The van der Waals surface area contributed by atoms with Gasteiger partial charge in [0.25, 0.3) is 15.9 Å². The number of halogens is 2. The van der Waals surface area contributed by atoms with Crippen LogP contribution in [0.3, 0.4) is 0 Å². The number of nitrogens with zero attached hydrogens (tertiary/aromatic N) is 1. The molecular weight excluding hydrogens is 617 g/mol. The molecule has 1 atom stereocenters. The zero-order valence-electron chi connectivity index (χ0n) is 22.3. The van der Waals surface area contributed by atoms with Crippen molar-refractivity contribution < 1.29 is 27.9 Å². The summed E-state index contributed by atoms with van der Waals surface area (Å²) in [5, 5.41) is 17.8. The average Bonchev–Trinajstić information content (AvgIpc) is 2.97. The second-order valence-corrected chi connectivity index (χ2v) is 11.7. The zero-order valence-corrected chi connectivity index (χ0v) is 24.6. The molecule has 5 N–H and O–H groups in total. The van der Waals surface area contributed by atoms with Crippen molar-refractivity contribution >= 4 is 62.5 Å². The maximum absolute atomic E-state index is 13.2. The van der Waals surface area contributed by atoms with Gasteiger partial charge < -0.3 is 21.1 Å². The van der Waals surface area contributed by atoms with Crippen LogP contribution in [0.5, 0.6) is 0 Å². The van der Waals surface area contributed by atoms with Gasteiger partial charge in [-0.15, -0.1) is 0 Å². The fourth-order valence-corrected chi connectivity index (χ4v) is 5.33. The van der Waals surface area contributed by atoms with Crippen molar-refractivity contribution in [1.82, 2.24) is 15.6 Å². The van der Waals surface area contributed by atoms with Gasteiger partial charge in [-0.05, 0) is 71.8 Å². The molecule has 0 spiro atoms. The largest absolute Gasteiger partial charge is 0.481 e. The first-order valence-corrected chi connectivity index (χ1v) is 14.9. The average molecular weight is 643 g/mol. The van der Waals surface area contributed by atoms with Gasteiger partial charge in [-0.25, -0.2) is 13.2 Å². The SMILES string of the molecule is O=C(O)C[C@@H](NC(=O)c1ccc(Cl)c(Cl)c1)c1cccc(NS(=O)(=O)c2cccc(NC(=O)NCc3ccncc3)c2)c1. The van der Waals surface area contributed by atoms with Crippen LogP contribution in [0.25, 0.3) is 0 Å². The molecule has 222 valence electrons. The molecule has 1 aromatic heterocycles. The molecule has 4 aromatic rings. The first kappa shape index (κ1) is 31.3. The molecule has 3 amide bonds. The van der Waals surface area contributed by atoms with E-state index >= 15 is 0 Å². The monoisotopic (exact) mass is 641 g/mol. The molecule has 0 unspecified atom stereocenters. The number of carboxylic acids is 1. The summed E-state index contributed by atoms with van der Waals surface area (Å²) in [5.41, 5.74) is 1.73. The predicted molar refractivity (Wildman–Crippen MR) is 163 cm³/mol. The lowest BCUT2D eigenvalue weighted by molar-refractivity contribution is -0.137. The Kier molecular flexibility index (Phi) is 10.2. The molecule has 0 bridgehead atoms. The second kappa shape index (κ2) is 14.0. The van der Waals surface area contributed by atoms with Gasteiger partial charge in [0.05, 0.1) is 27.4 Å². The molecule has 1 heterocycles. The van der Waals surface area contributed by atoms with Crippen LogP contribution in [0.15, 0.2) is 96.2 Å². The van der Waals surface area contributed by atoms with Gasteiger partial charge in [0.2, 0.25) is 0 Å². The number of rotatable bonds is 11. The second-order valence-electron chi connectivity index (χ2n) is 9.17. The lowest BCUT2D eigenvalue weighted by Crippen LogP contribution is -2.30. The van der Waals surface area contributed by atoms with Crippen LogP contribution < -0.4 is 20.7 Å². The van der Waals surface area contributed by atoms with Crippen LogP contribution in [-0.2, 0) is 21.4 Å². The van der Waals surface area contributed by atoms with Crippen LogP contribution in [-0.4, -0.2) is 36.4 Å². The maximum atomic E-state index is 13.2. The van der Waals surface area contributed by atoms with Crippen molar-refractivity contribution in [2.75, 3.05) is 10.0 Å². The summed E-state index contributed by atoms with van der Waals surface area (Å²) in [5.74, 6) is -1.77. The topological polar surface area (TPSA) is 167 Å². The minimum atomic E-state index is -4.13. The molecule has 0 aliphatic heterocycles. The number of carbonyl (C=O) groups excluding carboxylic acids is 2. The number of aromatic nitrogens is 1. The van der Waals surface area contributed by atoms with Crippen molar-refractivity contribution in [3.05, 3.63) is 118 Å². The number of anilines is 2. The first-order chi connectivity index (χ1) is 20.5. The van der Waals surface area contributed by atoms with E-state index in [4.69, 9.17) is 23.2 Å². The summed E-state index contributed by atoms with van der Waals surface area (Å²) in [4.78, 5) is 40.5. The molecule has 11 nitrogen and oxygen atoms in total. The summed E-state index contributed by atoms with van der Waals surface area (Å²) in [6, 6.07) is 17.9. The van der Waals surface area contributed by atoms with Crippen LogP contribution in [0, 0.1) is 0 Å². The number of hydrogen-bond acceptors (Lipinski definition) is 6. The third kappa shape index (κ3) is 8.92. The molecule has 3 aromatic carbocycles. The van der Waals surface area contributed by atoms with Crippen molar-refractivity contribution in [1.29, 1.82) is 0 Å². The van der Waals surface area contributed by atoms with Crippen LogP contribution in [0.1, 0.15) is 33.9 Å². The Morgan fingerprint density at radius 2 is 1.58 bits per heavy atom. The number of amides is 3. The number of pyridine rings is 1. The highest BCUT2D eigenvalue weighted by molar-refractivity contribution is 7.92. The number of benzene rings is 3. The standard InChI is InChI=1S/C29H25Cl2N5O6S/c30-24-8-7-20(14-25(24)31)28(39)35-26(16-27(37)38)19-3-1-5-22(13-19)36-43(41,42)23-6-2-4-21(15-23)34-29(40)33-17-18-9-11-32-12-10-18/h1-15,26,36H,16-17H2,(H,35,39)(H,37,38)(H2,33,34,40)/t26-/m1/s1. The Bertz CT molecular complexity index is 1760. The Morgan fingerprint density at radius 1 is 0.860 bits per heavy atom. The molecule has 0 aliphatic carbocycles. The van der Waals surface area contributed by atoms with E-state index in [9.17, 15) is 27.9 Å². The summed E-state index contributed by atoms with van der Waals surface area (Å²) in [6.45, 7) is 0.251. The molecule has 0 saturated carbocycles. The van der Waals surface area contributed by atoms with Crippen LogP contribution >= 0.6 is 23.2 Å². The van der Waals surface area contributed by atoms with E-state index in [1.165, 1.54) is 54.6 Å². The number of aliphatic carboxylic acids is 1. The highest BCUT2D eigenvalue weighted by Crippen LogP contribution is 2.26.